The number of aromatic carboxylic acids is 1. The largest absolute Gasteiger partial charge is 0.478 e. The van der Waals surface area contributed by atoms with E-state index < -0.39 is 5.97 Å². The fourth-order valence-electron chi connectivity index (χ4n) is 3.41. The van der Waals surface area contributed by atoms with Crippen molar-refractivity contribution >= 4 is 23.5 Å². The molecule has 0 bridgehead atoms. The number of hydrogen-bond donors (Lipinski definition) is 2. The number of carbonyl (C=O) groups is 1. The van der Waals surface area contributed by atoms with Crippen LogP contribution in [-0.4, -0.2) is 27.1 Å². The van der Waals surface area contributed by atoms with Gasteiger partial charge in [-0.1, -0.05) is 29.8 Å². The van der Waals surface area contributed by atoms with Gasteiger partial charge in [0.25, 0.3) is 0 Å². The molecule has 0 spiro atoms. The van der Waals surface area contributed by atoms with Gasteiger partial charge >= 0.3 is 5.97 Å². The minimum atomic E-state index is -0.896. The highest BCUT2D eigenvalue weighted by Gasteiger charge is 2.20. The van der Waals surface area contributed by atoms with Crippen LogP contribution in [0.1, 0.15) is 27.9 Å². The van der Waals surface area contributed by atoms with Gasteiger partial charge in [-0.25, -0.2) is 14.8 Å². The molecule has 1 heterocycles. The second-order valence-corrected chi connectivity index (χ2v) is 7.08. The monoisotopic (exact) mass is 379 g/mol. The number of anilines is 1. The Morgan fingerprint density at radius 3 is 2.70 bits per heavy atom. The maximum absolute atomic E-state index is 11.2. The van der Waals surface area contributed by atoms with E-state index >= 15 is 0 Å². The van der Waals surface area contributed by atoms with Crippen molar-refractivity contribution < 1.29 is 9.90 Å². The summed E-state index contributed by atoms with van der Waals surface area (Å²) in [6.07, 6.45) is 4.35. The van der Waals surface area contributed by atoms with Crippen LogP contribution in [0, 0.1) is 0 Å². The van der Waals surface area contributed by atoms with Crippen LogP contribution in [0.4, 0.5) is 5.95 Å². The lowest BCUT2D eigenvalue weighted by Gasteiger charge is -2.26. The Kier molecular flexibility index (Phi) is 4.77. The van der Waals surface area contributed by atoms with Gasteiger partial charge < -0.3 is 10.4 Å². The summed E-state index contributed by atoms with van der Waals surface area (Å²) in [4.78, 5) is 20.2. The predicted octanol–water partition coefficient (Wildman–Crippen LogP) is 4.46. The highest BCUT2D eigenvalue weighted by Crippen LogP contribution is 2.25. The summed E-state index contributed by atoms with van der Waals surface area (Å²) >= 11 is 5.95. The van der Waals surface area contributed by atoms with Crippen LogP contribution in [0.5, 0.6) is 0 Å². The first-order chi connectivity index (χ1) is 13.1. The summed E-state index contributed by atoms with van der Waals surface area (Å²) in [5.74, 6) is -0.322. The number of rotatable bonds is 4. The molecule has 3 aromatic rings. The Labute approximate surface area is 162 Å². The van der Waals surface area contributed by atoms with E-state index in [1.807, 2.05) is 36.4 Å². The van der Waals surface area contributed by atoms with Crippen LogP contribution in [0.25, 0.3) is 11.3 Å². The molecule has 0 aliphatic heterocycles. The van der Waals surface area contributed by atoms with Crippen molar-refractivity contribution in [1.82, 2.24) is 9.97 Å². The van der Waals surface area contributed by atoms with Gasteiger partial charge in [0, 0.05) is 22.8 Å². The van der Waals surface area contributed by atoms with Gasteiger partial charge in [-0.3, -0.25) is 0 Å². The highest BCUT2D eigenvalue weighted by molar-refractivity contribution is 6.30. The number of nitrogens with one attached hydrogen (secondary N) is 1. The van der Waals surface area contributed by atoms with Crippen molar-refractivity contribution in [3.05, 3.63) is 76.4 Å². The molecular formula is C21H18ClN3O2. The molecule has 4 rings (SSSR count). The number of carboxylic acid groups (broad SMARTS) is 1. The number of aryl methyl sites for hydroxylation is 1. The molecule has 136 valence electrons. The number of aromatic nitrogens is 2. The number of nitrogens with zero attached hydrogens (tertiary/aromatic N) is 2. The van der Waals surface area contributed by atoms with E-state index in [2.05, 4.69) is 15.3 Å². The Bertz CT molecular complexity index is 989. The van der Waals surface area contributed by atoms with Crippen molar-refractivity contribution in [3.8, 4) is 11.3 Å². The number of hydrogen-bond acceptors (Lipinski definition) is 4. The van der Waals surface area contributed by atoms with E-state index in [0.717, 1.165) is 36.1 Å². The quantitative estimate of drug-likeness (QED) is 0.699. The normalized spacial score (nSPS) is 15.8. The van der Waals surface area contributed by atoms with Crippen LogP contribution in [0.2, 0.25) is 5.02 Å². The van der Waals surface area contributed by atoms with Gasteiger partial charge in [-0.2, -0.15) is 0 Å². The van der Waals surface area contributed by atoms with Crippen LogP contribution in [-0.2, 0) is 12.8 Å². The highest BCUT2D eigenvalue weighted by atomic mass is 35.5. The van der Waals surface area contributed by atoms with Crippen molar-refractivity contribution in [3.63, 3.8) is 0 Å². The lowest BCUT2D eigenvalue weighted by Crippen LogP contribution is -2.28. The third-order valence-electron chi connectivity index (χ3n) is 4.81. The topological polar surface area (TPSA) is 75.1 Å². The average Bonchev–Trinajstić information content (AvgIpc) is 2.68. The van der Waals surface area contributed by atoms with Crippen LogP contribution in [0.3, 0.4) is 0 Å². The van der Waals surface area contributed by atoms with Crippen molar-refractivity contribution in [2.24, 2.45) is 0 Å². The molecule has 1 atom stereocenters. The molecule has 0 radical (unpaired) electrons. The van der Waals surface area contributed by atoms with E-state index in [0.29, 0.717) is 16.5 Å². The molecule has 6 heteroatoms. The zero-order valence-corrected chi connectivity index (χ0v) is 15.3. The van der Waals surface area contributed by atoms with E-state index in [1.165, 1.54) is 5.56 Å². The molecule has 27 heavy (non-hydrogen) atoms. The molecule has 1 aliphatic carbocycles. The average molecular weight is 380 g/mol. The Morgan fingerprint density at radius 2 is 1.93 bits per heavy atom. The fourth-order valence-corrected chi connectivity index (χ4v) is 3.53. The van der Waals surface area contributed by atoms with Gasteiger partial charge in [0.15, 0.2) is 0 Å². The predicted molar refractivity (Wildman–Crippen MR) is 105 cm³/mol. The molecule has 5 nitrogen and oxygen atoms in total. The van der Waals surface area contributed by atoms with Gasteiger partial charge in [-0.05, 0) is 60.7 Å². The first-order valence-electron chi connectivity index (χ1n) is 8.79. The maximum Gasteiger partial charge on any atom is 0.335 e. The summed E-state index contributed by atoms with van der Waals surface area (Å²) in [5.41, 5.74) is 4.43. The first kappa shape index (κ1) is 17.5. The standard InChI is InChI=1S/C21H18ClN3O2/c22-17-6-3-14(4-7-17)19-9-10-23-21(25-19)24-18-8-5-13-1-2-15(20(26)27)11-16(13)12-18/h1-4,6-7,9-11,18H,5,8,12H2,(H,26,27)(H,23,24,25). The molecule has 1 unspecified atom stereocenters. The summed E-state index contributed by atoms with van der Waals surface area (Å²) in [6.45, 7) is 0. The third-order valence-corrected chi connectivity index (χ3v) is 5.06. The van der Waals surface area contributed by atoms with Crippen molar-refractivity contribution in [2.45, 2.75) is 25.3 Å². The van der Waals surface area contributed by atoms with E-state index in [4.69, 9.17) is 11.6 Å². The van der Waals surface area contributed by atoms with Gasteiger partial charge in [-0.15, -0.1) is 0 Å². The Morgan fingerprint density at radius 1 is 1.11 bits per heavy atom. The number of halogens is 1. The van der Waals surface area contributed by atoms with Gasteiger partial charge in [0.1, 0.15) is 0 Å². The van der Waals surface area contributed by atoms with E-state index in [1.54, 1.807) is 18.3 Å². The summed E-state index contributed by atoms with van der Waals surface area (Å²) in [6, 6.07) is 14.9. The molecule has 0 saturated heterocycles. The zero-order chi connectivity index (χ0) is 18.8. The van der Waals surface area contributed by atoms with Gasteiger partial charge in [0.05, 0.1) is 11.3 Å². The second kappa shape index (κ2) is 7.37. The van der Waals surface area contributed by atoms with Crippen LogP contribution < -0.4 is 5.32 Å². The fraction of sp³-hybridized carbons (Fsp3) is 0.190. The molecule has 1 aliphatic rings. The molecule has 2 aromatic carbocycles. The minimum Gasteiger partial charge on any atom is -0.478 e. The molecular weight excluding hydrogens is 362 g/mol. The molecule has 0 fully saturated rings. The Hall–Kier alpha value is -2.92. The van der Waals surface area contributed by atoms with Crippen LogP contribution in [0.15, 0.2) is 54.7 Å². The Balaban J connectivity index is 1.52. The third kappa shape index (κ3) is 3.93. The summed E-state index contributed by atoms with van der Waals surface area (Å²) < 4.78 is 0. The molecule has 0 amide bonds. The number of fused-ring (bicyclic) bond motifs is 1. The van der Waals surface area contributed by atoms with E-state index in [-0.39, 0.29) is 6.04 Å². The zero-order valence-electron chi connectivity index (χ0n) is 14.5. The summed E-state index contributed by atoms with van der Waals surface area (Å²) in [5, 5.41) is 13.3. The second-order valence-electron chi connectivity index (χ2n) is 6.65. The number of carboxylic acids is 1. The first-order valence-corrected chi connectivity index (χ1v) is 9.17. The lowest BCUT2D eigenvalue weighted by atomic mass is 9.87. The van der Waals surface area contributed by atoms with E-state index in [9.17, 15) is 9.90 Å². The van der Waals surface area contributed by atoms with Crippen molar-refractivity contribution in [1.29, 1.82) is 0 Å². The van der Waals surface area contributed by atoms with Crippen LogP contribution >= 0.6 is 11.6 Å². The smallest absolute Gasteiger partial charge is 0.335 e. The minimum absolute atomic E-state index is 0.169. The lowest BCUT2D eigenvalue weighted by molar-refractivity contribution is 0.0696. The summed E-state index contributed by atoms with van der Waals surface area (Å²) in [7, 11) is 0. The maximum atomic E-state index is 11.2. The molecule has 0 saturated carbocycles. The van der Waals surface area contributed by atoms with Crippen molar-refractivity contribution in [2.75, 3.05) is 5.32 Å². The molecule has 1 aromatic heterocycles. The van der Waals surface area contributed by atoms with Gasteiger partial charge in [0.2, 0.25) is 5.95 Å². The molecule has 2 N–H and O–H groups in total. The SMILES string of the molecule is O=C(O)c1ccc2c(c1)CC(Nc1nccc(-c3ccc(Cl)cc3)n1)CC2. The number of benzene rings is 2.